The maximum absolute atomic E-state index is 14.6. The quantitative estimate of drug-likeness (QED) is 0.497. The maximum Gasteiger partial charge on any atom is 0.303 e. The Bertz CT molecular complexity index is 1060. The fraction of sp³-hybridized carbons (Fsp3) is 0.500. The molecule has 3 saturated heterocycles. The second kappa shape index (κ2) is 8.91. The van der Waals surface area contributed by atoms with Gasteiger partial charge in [0.25, 0.3) is 11.8 Å². The summed E-state index contributed by atoms with van der Waals surface area (Å²) in [6.45, 7) is 2.60. The number of piperazine rings is 1. The van der Waals surface area contributed by atoms with Gasteiger partial charge in [-0.2, -0.15) is 0 Å². The van der Waals surface area contributed by atoms with Gasteiger partial charge >= 0.3 is 11.9 Å². The van der Waals surface area contributed by atoms with E-state index in [2.05, 4.69) is 0 Å². The summed E-state index contributed by atoms with van der Waals surface area (Å²) in [6.07, 6.45) is 11.3. The van der Waals surface area contributed by atoms with Gasteiger partial charge in [0.1, 0.15) is 12.2 Å². The average Bonchev–Trinajstić information content (AvgIpc) is 3.21. The van der Waals surface area contributed by atoms with Gasteiger partial charge in [0, 0.05) is 26.7 Å². The van der Waals surface area contributed by atoms with Crippen molar-refractivity contribution in [3.63, 3.8) is 0 Å². The summed E-state index contributed by atoms with van der Waals surface area (Å²) in [7, 11) is 0. The van der Waals surface area contributed by atoms with Crippen molar-refractivity contribution in [2.24, 2.45) is 0 Å². The molecule has 36 heavy (non-hydrogen) atoms. The van der Waals surface area contributed by atoms with Crippen LogP contribution in [-0.4, -0.2) is 80.1 Å². The molecule has 5 aliphatic rings. The number of carbonyl (C=O) groups excluding carboxylic acids is 4. The van der Waals surface area contributed by atoms with Crippen LogP contribution in [0.2, 0.25) is 0 Å². The van der Waals surface area contributed by atoms with Gasteiger partial charge in [-0.25, -0.2) is 0 Å². The Balaban J connectivity index is 1.67. The van der Waals surface area contributed by atoms with Crippen LogP contribution in [0.1, 0.15) is 26.7 Å². The van der Waals surface area contributed by atoms with Gasteiger partial charge in [-0.3, -0.25) is 19.2 Å². The first-order valence-electron chi connectivity index (χ1n) is 11.3. The molecule has 10 nitrogen and oxygen atoms in total. The molecule has 0 aromatic carbocycles. The Morgan fingerprint density at radius 2 is 1.22 bits per heavy atom. The van der Waals surface area contributed by atoms with Crippen LogP contribution in [0.4, 0.5) is 0 Å². The van der Waals surface area contributed by atoms with Crippen molar-refractivity contribution in [3.05, 3.63) is 48.3 Å². The highest BCUT2D eigenvalue weighted by molar-refractivity contribution is 8.01. The topological polar surface area (TPSA) is 112 Å². The van der Waals surface area contributed by atoms with Crippen LogP contribution < -0.4 is 0 Å². The Kier molecular flexibility index (Phi) is 6.14. The Morgan fingerprint density at radius 1 is 0.833 bits per heavy atom. The van der Waals surface area contributed by atoms with Gasteiger partial charge in [-0.1, -0.05) is 0 Å². The molecule has 5 aliphatic heterocycles. The molecule has 0 N–H and O–H groups in total. The molecule has 0 aromatic rings. The number of thioether (sulfide) groups is 2. The van der Waals surface area contributed by atoms with E-state index in [-0.39, 0.29) is 24.7 Å². The van der Waals surface area contributed by atoms with Gasteiger partial charge in [0.2, 0.25) is 0 Å². The van der Waals surface area contributed by atoms with Crippen molar-refractivity contribution < 1.29 is 38.1 Å². The van der Waals surface area contributed by atoms with Crippen LogP contribution in [0.15, 0.2) is 48.3 Å². The van der Waals surface area contributed by atoms with E-state index in [0.29, 0.717) is 11.1 Å². The lowest BCUT2D eigenvalue weighted by Gasteiger charge is -2.54. The molecule has 0 aromatic heterocycles. The first-order chi connectivity index (χ1) is 17.2. The first kappa shape index (κ1) is 24.8. The predicted octanol–water partition coefficient (Wildman–Crippen LogP) is 2.04. The van der Waals surface area contributed by atoms with Gasteiger partial charge in [0.05, 0.1) is 37.1 Å². The van der Waals surface area contributed by atoms with Gasteiger partial charge in [-0.15, -0.1) is 23.5 Å². The number of nitrogens with zero attached hydrogens (tertiary/aromatic N) is 2. The molecule has 192 valence electrons. The van der Waals surface area contributed by atoms with E-state index in [9.17, 15) is 19.2 Å². The number of carbonyl (C=O) groups is 4. The van der Waals surface area contributed by atoms with Crippen LogP contribution in [0.5, 0.6) is 0 Å². The lowest BCUT2D eigenvalue weighted by molar-refractivity contribution is -0.171. The van der Waals surface area contributed by atoms with Crippen molar-refractivity contribution in [2.75, 3.05) is 12.5 Å². The standard InChI is InChI=1S/C24H26N2O8S2/c1-13(27)33-17-5-7-31-11-15-9-23(35-3)22(30)26-20-16(12-32-8-6-18(20)34-14(2)28)10-24(26,36-4)21(29)25(23)19(15)17/h5-8,11-12,17-20H,9-10H2,1-4H3/t17?,18?,19?,20?,23-,24-/m1/s1. The maximum atomic E-state index is 14.6. The third-order valence-electron chi connectivity index (χ3n) is 7.12. The molecule has 0 bridgehead atoms. The van der Waals surface area contributed by atoms with Gasteiger partial charge < -0.3 is 28.7 Å². The Morgan fingerprint density at radius 3 is 1.56 bits per heavy atom. The Hall–Kier alpha value is -2.86. The number of fused-ring (bicyclic) bond motifs is 6. The van der Waals surface area contributed by atoms with Crippen molar-refractivity contribution in [1.29, 1.82) is 0 Å². The summed E-state index contributed by atoms with van der Waals surface area (Å²) in [6, 6.07) is -1.41. The molecule has 5 rings (SSSR count). The molecular formula is C24H26N2O8S2. The SMILES string of the molecule is CS[C@@]12CC3=COC=CC(OC(C)=O)C3N1C(=O)[C@]1(SC)CC3=COC=CC(OC(C)=O)C3N1C2=O. The minimum absolute atomic E-state index is 0.195. The highest BCUT2D eigenvalue weighted by atomic mass is 32.2. The Labute approximate surface area is 216 Å². The highest BCUT2D eigenvalue weighted by Gasteiger charge is 2.73. The number of rotatable bonds is 4. The molecule has 6 atom stereocenters. The monoisotopic (exact) mass is 534 g/mol. The van der Waals surface area contributed by atoms with E-state index in [1.54, 1.807) is 34.5 Å². The minimum Gasteiger partial charge on any atom is -0.473 e. The van der Waals surface area contributed by atoms with E-state index in [0.717, 1.165) is 0 Å². The van der Waals surface area contributed by atoms with E-state index in [1.165, 1.54) is 62.4 Å². The number of hydrogen-bond donors (Lipinski definition) is 0. The van der Waals surface area contributed by atoms with E-state index in [4.69, 9.17) is 18.9 Å². The van der Waals surface area contributed by atoms with Crippen LogP contribution >= 0.6 is 23.5 Å². The molecule has 5 heterocycles. The zero-order chi connectivity index (χ0) is 25.8. The number of hydrogen-bond acceptors (Lipinski definition) is 10. The summed E-state index contributed by atoms with van der Waals surface area (Å²) in [5.74, 6) is -1.59. The zero-order valence-electron chi connectivity index (χ0n) is 20.2. The molecule has 0 saturated carbocycles. The van der Waals surface area contributed by atoms with Crippen LogP contribution in [0.3, 0.4) is 0 Å². The molecule has 0 spiro atoms. The summed E-state index contributed by atoms with van der Waals surface area (Å²) < 4.78 is 22.1. The van der Waals surface area contributed by atoms with Crippen molar-refractivity contribution in [3.8, 4) is 0 Å². The van der Waals surface area contributed by atoms with Crippen molar-refractivity contribution in [1.82, 2.24) is 9.80 Å². The minimum atomic E-state index is -1.30. The molecule has 4 unspecified atom stereocenters. The van der Waals surface area contributed by atoms with E-state index < -0.39 is 46.0 Å². The summed E-state index contributed by atoms with van der Waals surface area (Å²) >= 11 is 2.51. The van der Waals surface area contributed by atoms with Crippen molar-refractivity contribution in [2.45, 2.75) is 60.7 Å². The van der Waals surface area contributed by atoms with Crippen molar-refractivity contribution >= 4 is 47.3 Å². The van der Waals surface area contributed by atoms with Crippen LogP contribution in [-0.2, 0) is 38.1 Å². The molecule has 3 fully saturated rings. The average molecular weight is 535 g/mol. The lowest BCUT2D eigenvalue weighted by Crippen LogP contribution is -2.74. The van der Waals surface area contributed by atoms with Gasteiger partial charge in [0.15, 0.2) is 9.74 Å². The number of esters is 2. The fourth-order valence-corrected chi connectivity index (χ4v) is 7.74. The van der Waals surface area contributed by atoms with Gasteiger partial charge in [-0.05, 0) is 35.8 Å². The normalized spacial score (nSPS) is 36.2. The molecule has 0 aliphatic carbocycles. The number of amides is 2. The van der Waals surface area contributed by atoms with E-state index in [1.807, 2.05) is 0 Å². The largest absolute Gasteiger partial charge is 0.473 e. The second-order valence-corrected chi connectivity index (χ2v) is 11.2. The molecule has 12 heteroatoms. The first-order valence-corrected chi connectivity index (χ1v) is 13.8. The zero-order valence-corrected chi connectivity index (χ0v) is 21.8. The van der Waals surface area contributed by atoms with Crippen LogP contribution in [0.25, 0.3) is 0 Å². The molecule has 2 amide bonds. The third-order valence-corrected chi connectivity index (χ3v) is 9.50. The summed E-state index contributed by atoms with van der Waals surface area (Å²) in [5.41, 5.74) is 1.35. The number of ether oxygens (including phenoxy) is 4. The lowest BCUT2D eigenvalue weighted by atomic mass is 10.0. The molecule has 0 radical (unpaired) electrons. The highest BCUT2D eigenvalue weighted by Crippen LogP contribution is 2.59. The predicted molar refractivity (Wildman–Crippen MR) is 131 cm³/mol. The fourth-order valence-electron chi connectivity index (χ4n) is 5.78. The molecular weight excluding hydrogens is 508 g/mol. The summed E-state index contributed by atoms with van der Waals surface area (Å²) in [5, 5.41) is 0. The summed E-state index contributed by atoms with van der Waals surface area (Å²) in [4.78, 5) is 53.6. The smallest absolute Gasteiger partial charge is 0.303 e. The van der Waals surface area contributed by atoms with E-state index >= 15 is 0 Å². The second-order valence-electron chi connectivity index (χ2n) is 9.03. The third kappa shape index (κ3) is 3.41. The van der Waals surface area contributed by atoms with Crippen LogP contribution in [0, 0.1) is 0 Å².